The van der Waals surface area contributed by atoms with Gasteiger partial charge in [-0.2, -0.15) is 4.98 Å². The van der Waals surface area contributed by atoms with Gasteiger partial charge in [-0.05, 0) is 18.1 Å². The minimum absolute atomic E-state index is 0. The Hall–Kier alpha value is -1.35. The molecule has 2 aromatic rings. The van der Waals surface area contributed by atoms with Gasteiger partial charge >= 0.3 is 0 Å². The van der Waals surface area contributed by atoms with Crippen LogP contribution in [-0.4, -0.2) is 36.2 Å². The smallest absolute Gasteiger partial charge is 0.228 e. The monoisotopic (exact) mass is 463 g/mol. The van der Waals surface area contributed by atoms with E-state index in [2.05, 4.69) is 39.6 Å². The summed E-state index contributed by atoms with van der Waals surface area (Å²) in [5.41, 5.74) is 0.842. The first-order valence-corrected chi connectivity index (χ1v) is 7.99. The number of nitrogens with one attached hydrogen (secondary N) is 2. The van der Waals surface area contributed by atoms with Crippen LogP contribution in [0.1, 0.15) is 19.7 Å². The topological polar surface area (TPSA) is 75.3 Å². The summed E-state index contributed by atoms with van der Waals surface area (Å²) in [4.78, 5) is 8.55. The number of guanidine groups is 1. The van der Waals surface area contributed by atoms with Gasteiger partial charge in [-0.1, -0.05) is 42.7 Å². The number of aliphatic imine (C=N–C) groups is 1. The van der Waals surface area contributed by atoms with Gasteiger partial charge < -0.3 is 15.2 Å². The van der Waals surface area contributed by atoms with E-state index < -0.39 is 0 Å². The standard InChI is InChI=1S/C16H22ClN5O.HI/c1-11(2)10-20-16(18-3)19-8-7-14-21-15(22-23-14)12-5-4-6-13(17)9-12;/h4-6,9,11H,7-8,10H2,1-3H3,(H2,18,19,20);1H. The Balaban J connectivity index is 0.00000288. The van der Waals surface area contributed by atoms with Gasteiger partial charge in [0.15, 0.2) is 5.96 Å². The molecular weight excluding hydrogens is 441 g/mol. The van der Waals surface area contributed by atoms with E-state index in [4.69, 9.17) is 16.1 Å². The Morgan fingerprint density at radius 3 is 2.79 bits per heavy atom. The Kier molecular flexibility index (Phi) is 9.05. The molecule has 0 saturated carbocycles. The second-order valence-electron chi connectivity index (χ2n) is 5.55. The van der Waals surface area contributed by atoms with E-state index in [1.807, 2.05) is 24.3 Å². The predicted molar refractivity (Wildman–Crippen MR) is 108 cm³/mol. The third kappa shape index (κ3) is 6.64. The van der Waals surface area contributed by atoms with Crippen LogP contribution in [0.4, 0.5) is 0 Å². The highest BCUT2D eigenvalue weighted by Crippen LogP contribution is 2.19. The van der Waals surface area contributed by atoms with Crippen molar-refractivity contribution in [3.8, 4) is 11.4 Å². The van der Waals surface area contributed by atoms with Gasteiger partial charge in [0.2, 0.25) is 11.7 Å². The van der Waals surface area contributed by atoms with Crippen LogP contribution in [0.25, 0.3) is 11.4 Å². The summed E-state index contributed by atoms with van der Waals surface area (Å²) in [5, 5.41) is 11.1. The fraction of sp³-hybridized carbons (Fsp3) is 0.438. The van der Waals surface area contributed by atoms with Crippen molar-refractivity contribution in [1.29, 1.82) is 0 Å². The molecule has 0 radical (unpaired) electrons. The number of rotatable bonds is 6. The molecular formula is C16H23ClIN5O. The molecule has 0 fully saturated rings. The molecule has 6 nitrogen and oxygen atoms in total. The molecule has 8 heteroatoms. The van der Waals surface area contributed by atoms with Crippen LogP contribution in [0.2, 0.25) is 5.02 Å². The van der Waals surface area contributed by atoms with Crippen LogP contribution in [0.3, 0.4) is 0 Å². The van der Waals surface area contributed by atoms with Crippen molar-refractivity contribution < 1.29 is 4.52 Å². The van der Waals surface area contributed by atoms with Gasteiger partial charge in [0.25, 0.3) is 0 Å². The highest BCUT2D eigenvalue weighted by atomic mass is 127. The maximum atomic E-state index is 5.97. The lowest BCUT2D eigenvalue weighted by Crippen LogP contribution is -2.39. The van der Waals surface area contributed by atoms with Gasteiger partial charge in [-0.25, -0.2) is 0 Å². The van der Waals surface area contributed by atoms with E-state index in [1.165, 1.54) is 0 Å². The van der Waals surface area contributed by atoms with Crippen molar-refractivity contribution >= 4 is 41.5 Å². The Bertz CT molecular complexity index is 659. The van der Waals surface area contributed by atoms with Crippen LogP contribution in [0.5, 0.6) is 0 Å². The average Bonchev–Trinajstić information content (AvgIpc) is 2.99. The van der Waals surface area contributed by atoms with Gasteiger partial charge in [0.05, 0.1) is 0 Å². The lowest BCUT2D eigenvalue weighted by molar-refractivity contribution is 0.378. The highest BCUT2D eigenvalue weighted by Gasteiger charge is 2.09. The number of aromatic nitrogens is 2. The second kappa shape index (κ2) is 10.5. The van der Waals surface area contributed by atoms with Crippen LogP contribution in [-0.2, 0) is 6.42 Å². The van der Waals surface area contributed by atoms with Crippen molar-refractivity contribution in [2.24, 2.45) is 10.9 Å². The van der Waals surface area contributed by atoms with Crippen LogP contribution in [0, 0.1) is 5.92 Å². The second-order valence-corrected chi connectivity index (χ2v) is 5.98. The van der Waals surface area contributed by atoms with Crippen LogP contribution < -0.4 is 10.6 Å². The molecule has 24 heavy (non-hydrogen) atoms. The summed E-state index contributed by atoms with van der Waals surface area (Å²) in [6, 6.07) is 7.38. The first kappa shape index (κ1) is 20.7. The molecule has 2 N–H and O–H groups in total. The Morgan fingerprint density at radius 2 is 2.12 bits per heavy atom. The molecule has 2 rings (SSSR count). The maximum Gasteiger partial charge on any atom is 0.228 e. The van der Waals surface area contributed by atoms with E-state index in [-0.39, 0.29) is 24.0 Å². The molecule has 0 saturated heterocycles. The molecule has 0 atom stereocenters. The van der Waals surface area contributed by atoms with Crippen LogP contribution in [0.15, 0.2) is 33.8 Å². The van der Waals surface area contributed by atoms with Gasteiger partial charge in [-0.15, -0.1) is 24.0 Å². The third-order valence-corrected chi connectivity index (χ3v) is 3.32. The largest absolute Gasteiger partial charge is 0.356 e. The Labute approximate surface area is 164 Å². The molecule has 0 spiro atoms. The number of nitrogens with zero attached hydrogens (tertiary/aromatic N) is 3. The maximum absolute atomic E-state index is 5.97. The zero-order valence-corrected chi connectivity index (χ0v) is 17.1. The first-order chi connectivity index (χ1) is 11.1. The van der Waals surface area contributed by atoms with E-state index in [1.54, 1.807) is 7.05 Å². The number of hydrogen-bond acceptors (Lipinski definition) is 4. The summed E-state index contributed by atoms with van der Waals surface area (Å²) in [5.74, 6) is 2.45. The minimum Gasteiger partial charge on any atom is -0.356 e. The number of benzene rings is 1. The number of halogens is 2. The zero-order chi connectivity index (χ0) is 16.7. The zero-order valence-electron chi connectivity index (χ0n) is 14.0. The molecule has 0 aliphatic rings. The van der Waals surface area contributed by atoms with Crippen molar-refractivity contribution in [2.45, 2.75) is 20.3 Å². The normalized spacial score (nSPS) is 11.3. The van der Waals surface area contributed by atoms with Crippen LogP contribution >= 0.6 is 35.6 Å². The molecule has 1 aromatic heterocycles. The third-order valence-electron chi connectivity index (χ3n) is 3.08. The fourth-order valence-electron chi connectivity index (χ4n) is 1.91. The number of hydrogen-bond donors (Lipinski definition) is 2. The molecule has 0 amide bonds. The van der Waals surface area contributed by atoms with Gasteiger partial charge in [0.1, 0.15) is 0 Å². The molecule has 1 heterocycles. The molecule has 132 valence electrons. The lowest BCUT2D eigenvalue weighted by Gasteiger charge is -2.12. The predicted octanol–water partition coefficient (Wildman–Crippen LogP) is 3.37. The van der Waals surface area contributed by atoms with Crippen molar-refractivity contribution in [3.63, 3.8) is 0 Å². The van der Waals surface area contributed by atoms with E-state index in [9.17, 15) is 0 Å². The summed E-state index contributed by atoms with van der Waals surface area (Å²) in [7, 11) is 1.75. The fourth-order valence-corrected chi connectivity index (χ4v) is 2.10. The SMILES string of the molecule is CN=C(NCCc1nc(-c2cccc(Cl)c2)no1)NCC(C)C.I. The summed E-state index contributed by atoms with van der Waals surface area (Å²) < 4.78 is 5.27. The average molecular weight is 464 g/mol. The first-order valence-electron chi connectivity index (χ1n) is 7.61. The summed E-state index contributed by atoms with van der Waals surface area (Å²) >= 11 is 5.97. The molecule has 0 bridgehead atoms. The molecule has 0 aliphatic carbocycles. The van der Waals surface area contributed by atoms with Crippen molar-refractivity contribution in [3.05, 3.63) is 35.2 Å². The Morgan fingerprint density at radius 1 is 1.33 bits per heavy atom. The highest BCUT2D eigenvalue weighted by molar-refractivity contribution is 14.0. The lowest BCUT2D eigenvalue weighted by atomic mass is 10.2. The molecule has 0 unspecified atom stereocenters. The minimum atomic E-state index is 0. The molecule has 1 aromatic carbocycles. The summed E-state index contributed by atoms with van der Waals surface area (Å²) in [6.45, 7) is 5.83. The van der Waals surface area contributed by atoms with E-state index >= 15 is 0 Å². The quantitative estimate of drug-likeness (QED) is 0.390. The summed E-state index contributed by atoms with van der Waals surface area (Å²) in [6.07, 6.45) is 0.621. The van der Waals surface area contributed by atoms with Gasteiger partial charge in [-0.3, -0.25) is 4.99 Å². The van der Waals surface area contributed by atoms with E-state index in [0.717, 1.165) is 18.1 Å². The van der Waals surface area contributed by atoms with Gasteiger partial charge in [0, 0.05) is 37.1 Å². The van der Waals surface area contributed by atoms with E-state index in [0.29, 0.717) is 35.6 Å². The van der Waals surface area contributed by atoms with Crippen molar-refractivity contribution in [1.82, 2.24) is 20.8 Å². The molecule has 0 aliphatic heterocycles. The van der Waals surface area contributed by atoms with Crippen molar-refractivity contribution in [2.75, 3.05) is 20.1 Å².